The molecular formula is C18H26N2O3. The maximum absolute atomic E-state index is 12.5. The van der Waals surface area contributed by atoms with Crippen LogP contribution in [0.3, 0.4) is 0 Å². The molecule has 0 radical (unpaired) electrons. The molecule has 1 unspecified atom stereocenters. The summed E-state index contributed by atoms with van der Waals surface area (Å²) in [6.07, 6.45) is 0.929. The van der Waals surface area contributed by atoms with E-state index in [2.05, 4.69) is 0 Å². The highest BCUT2D eigenvalue weighted by Gasteiger charge is 2.30. The number of nitrogens with zero attached hydrogens (tertiary/aromatic N) is 2. The van der Waals surface area contributed by atoms with E-state index in [1.165, 1.54) is 0 Å². The van der Waals surface area contributed by atoms with Gasteiger partial charge in [-0.1, -0.05) is 17.7 Å². The average molecular weight is 318 g/mol. The predicted octanol–water partition coefficient (Wildman–Crippen LogP) is 2.09. The van der Waals surface area contributed by atoms with Crippen molar-refractivity contribution in [1.29, 1.82) is 0 Å². The Bertz CT molecular complexity index is 546. The number of rotatable bonds is 4. The fourth-order valence-electron chi connectivity index (χ4n) is 2.84. The van der Waals surface area contributed by atoms with Gasteiger partial charge >= 0.3 is 0 Å². The molecule has 1 aromatic rings. The molecule has 0 bridgehead atoms. The molecule has 0 aliphatic carbocycles. The molecule has 5 heteroatoms. The summed E-state index contributed by atoms with van der Waals surface area (Å²) in [6.45, 7) is 5.02. The van der Waals surface area contributed by atoms with Gasteiger partial charge in [-0.3, -0.25) is 9.59 Å². The molecule has 2 amide bonds. The van der Waals surface area contributed by atoms with Crippen molar-refractivity contribution in [2.24, 2.45) is 5.92 Å². The van der Waals surface area contributed by atoms with Gasteiger partial charge in [0.2, 0.25) is 5.91 Å². The smallest absolute Gasteiger partial charge is 0.263 e. The molecule has 1 atom stereocenters. The van der Waals surface area contributed by atoms with Gasteiger partial charge in [0.05, 0.1) is 0 Å². The Morgan fingerprint density at radius 2 is 1.74 bits per heavy atom. The molecule has 1 aliphatic heterocycles. The SMILES string of the molecule is Cc1ccc(OC(C)C(=O)N2CCC(C(=O)N(C)C)CC2)cc1. The lowest BCUT2D eigenvalue weighted by Crippen LogP contribution is -2.47. The second kappa shape index (κ2) is 7.49. The average Bonchev–Trinajstić information content (AvgIpc) is 2.55. The fourth-order valence-corrected chi connectivity index (χ4v) is 2.84. The zero-order valence-electron chi connectivity index (χ0n) is 14.4. The first-order valence-corrected chi connectivity index (χ1v) is 8.11. The number of amides is 2. The Hall–Kier alpha value is -2.04. The molecule has 5 nitrogen and oxygen atoms in total. The van der Waals surface area contributed by atoms with Crippen LogP contribution < -0.4 is 4.74 Å². The molecular weight excluding hydrogens is 292 g/mol. The summed E-state index contributed by atoms with van der Waals surface area (Å²) in [4.78, 5) is 27.9. The Morgan fingerprint density at radius 3 is 2.26 bits per heavy atom. The van der Waals surface area contributed by atoms with E-state index in [0.29, 0.717) is 18.8 Å². The van der Waals surface area contributed by atoms with E-state index in [1.807, 2.05) is 31.2 Å². The summed E-state index contributed by atoms with van der Waals surface area (Å²) in [7, 11) is 3.55. The van der Waals surface area contributed by atoms with Crippen LogP contribution in [0.4, 0.5) is 0 Å². The van der Waals surface area contributed by atoms with Crippen molar-refractivity contribution in [1.82, 2.24) is 9.80 Å². The van der Waals surface area contributed by atoms with E-state index in [0.717, 1.165) is 18.4 Å². The normalized spacial score (nSPS) is 16.8. The van der Waals surface area contributed by atoms with Crippen molar-refractivity contribution in [2.75, 3.05) is 27.2 Å². The Morgan fingerprint density at radius 1 is 1.17 bits per heavy atom. The summed E-state index contributed by atoms with van der Waals surface area (Å²) in [5, 5.41) is 0. The Labute approximate surface area is 138 Å². The van der Waals surface area contributed by atoms with Crippen LogP contribution in [0.15, 0.2) is 24.3 Å². The van der Waals surface area contributed by atoms with E-state index >= 15 is 0 Å². The summed E-state index contributed by atoms with van der Waals surface area (Å²) in [5.74, 6) is 0.874. The van der Waals surface area contributed by atoms with Gasteiger partial charge in [-0.25, -0.2) is 0 Å². The van der Waals surface area contributed by atoms with Crippen LogP contribution in [0.2, 0.25) is 0 Å². The number of benzene rings is 1. The molecule has 0 aromatic heterocycles. The first-order chi connectivity index (χ1) is 10.9. The lowest BCUT2D eigenvalue weighted by atomic mass is 9.95. The third kappa shape index (κ3) is 4.47. The van der Waals surface area contributed by atoms with Crippen LogP contribution in [0.5, 0.6) is 5.75 Å². The molecule has 1 saturated heterocycles. The number of ether oxygens (including phenoxy) is 1. The number of piperidine rings is 1. The second-order valence-electron chi connectivity index (χ2n) is 6.41. The topological polar surface area (TPSA) is 49.9 Å². The van der Waals surface area contributed by atoms with E-state index in [-0.39, 0.29) is 17.7 Å². The fraction of sp³-hybridized carbons (Fsp3) is 0.556. The van der Waals surface area contributed by atoms with E-state index in [1.54, 1.807) is 30.8 Å². The van der Waals surface area contributed by atoms with Crippen LogP contribution in [-0.4, -0.2) is 54.9 Å². The zero-order valence-corrected chi connectivity index (χ0v) is 14.4. The molecule has 1 fully saturated rings. The van der Waals surface area contributed by atoms with Gasteiger partial charge in [0.25, 0.3) is 5.91 Å². The number of hydrogen-bond donors (Lipinski definition) is 0. The summed E-state index contributed by atoms with van der Waals surface area (Å²) < 4.78 is 5.73. The van der Waals surface area contributed by atoms with Crippen LogP contribution >= 0.6 is 0 Å². The van der Waals surface area contributed by atoms with Gasteiger partial charge in [0.15, 0.2) is 6.10 Å². The number of hydrogen-bond acceptors (Lipinski definition) is 3. The molecule has 2 rings (SSSR count). The van der Waals surface area contributed by atoms with Gasteiger partial charge in [0, 0.05) is 33.1 Å². The second-order valence-corrected chi connectivity index (χ2v) is 6.41. The van der Waals surface area contributed by atoms with Crippen LogP contribution in [0.1, 0.15) is 25.3 Å². The molecule has 0 spiro atoms. The lowest BCUT2D eigenvalue weighted by molar-refractivity contribution is -0.142. The van der Waals surface area contributed by atoms with Crippen molar-refractivity contribution in [2.45, 2.75) is 32.8 Å². The van der Waals surface area contributed by atoms with E-state index in [4.69, 9.17) is 4.74 Å². The molecule has 0 N–H and O–H groups in total. The van der Waals surface area contributed by atoms with Crippen LogP contribution in [0.25, 0.3) is 0 Å². The highest BCUT2D eigenvalue weighted by Crippen LogP contribution is 2.21. The highest BCUT2D eigenvalue weighted by atomic mass is 16.5. The van der Waals surface area contributed by atoms with Gasteiger partial charge in [-0.2, -0.15) is 0 Å². The lowest BCUT2D eigenvalue weighted by Gasteiger charge is -2.33. The minimum atomic E-state index is -0.515. The van der Waals surface area contributed by atoms with Crippen LogP contribution in [-0.2, 0) is 9.59 Å². The molecule has 126 valence electrons. The van der Waals surface area contributed by atoms with E-state index < -0.39 is 6.10 Å². The van der Waals surface area contributed by atoms with Crippen molar-refractivity contribution >= 4 is 11.8 Å². The summed E-state index contributed by atoms with van der Waals surface area (Å²) in [6, 6.07) is 7.68. The number of likely N-dealkylation sites (tertiary alicyclic amines) is 1. The third-order valence-corrected chi connectivity index (χ3v) is 4.28. The van der Waals surface area contributed by atoms with Crippen molar-refractivity contribution in [3.05, 3.63) is 29.8 Å². The first kappa shape index (κ1) is 17.3. The maximum atomic E-state index is 12.5. The summed E-state index contributed by atoms with van der Waals surface area (Å²) >= 11 is 0. The van der Waals surface area contributed by atoms with Gasteiger partial charge in [-0.15, -0.1) is 0 Å². The minimum Gasteiger partial charge on any atom is -0.481 e. The Balaban J connectivity index is 1.86. The number of carbonyl (C=O) groups is 2. The molecule has 23 heavy (non-hydrogen) atoms. The molecule has 1 aliphatic rings. The van der Waals surface area contributed by atoms with E-state index in [9.17, 15) is 9.59 Å². The maximum Gasteiger partial charge on any atom is 0.263 e. The van der Waals surface area contributed by atoms with Crippen molar-refractivity contribution in [3.8, 4) is 5.75 Å². The standard InChI is InChI=1S/C18H26N2O3/c1-13-5-7-16(8-6-13)23-14(2)17(21)20-11-9-15(10-12-20)18(22)19(3)4/h5-8,14-15H,9-12H2,1-4H3. The largest absolute Gasteiger partial charge is 0.481 e. The molecule has 1 aromatic carbocycles. The monoisotopic (exact) mass is 318 g/mol. The minimum absolute atomic E-state index is 0.0127. The number of carbonyl (C=O) groups excluding carboxylic acids is 2. The van der Waals surface area contributed by atoms with Gasteiger partial charge in [-0.05, 0) is 38.8 Å². The van der Waals surface area contributed by atoms with Crippen molar-refractivity contribution < 1.29 is 14.3 Å². The quantitative estimate of drug-likeness (QED) is 0.854. The first-order valence-electron chi connectivity index (χ1n) is 8.11. The summed E-state index contributed by atoms with van der Waals surface area (Å²) in [5.41, 5.74) is 1.16. The van der Waals surface area contributed by atoms with Gasteiger partial charge in [0.1, 0.15) is 5.75 Å². The van der Waals surface area contributed by atoms with Gasteiger partial charge < -0.3 is 14.5 Å². The molecule has 0 saturated carbocycles. The Kier molecular flexibility index (Phi) is 5.64. The predicted molar refractivity (Wildman–Crippen MR) is 89.3 cm³/mol. The van der Waals surface area contributed by atoms with Crippen molar-refractivity contribution in [3.63, 3.8) is 0 Å². The third-order valence-electron chi connectivity index (χ3n) is 4.28. The number of aryl methyl sites for hydroxylation is 1. The zero-order chi connectivity index (χ0) is 17.0. The highest BCUT2D eigenvalue weighted by molar-refractivity contribution is 5.82. The van der Waals surface area contributed by atoms with Crippen LogP contribution in [0, 0.1) is 12.8 Å². The molecule has 1 heterocycles.